The van der Waals surface area contributed by atoms with Crippen LogP contribution in [0.1, 0.15) is 15.9 Å². The number of aryl methyl sites for hydroxylation is 1. The average molecular weight is 475 g/mol. The van der Waals surface area contributed by atoms with Crippen LogP contribution in [0.3, 0.4) is 0 Å². The van der Waals surface area contributed by atoms with Crippen molar-refractivity contribution in [2.45, 2.75) is 11.8 Å². The number of carbonyl (C=O) groups is 1. The molecule has 150 valence electrons. The van der Waals surface area contributed by atoms with Crippen LogP contribution in [0.15, 0.2) is 76.1 Å². The SMILES string of the molecule is COc1cc(NC(=O)c2ccccc2)c(C)cc1NS(=O)(=O)c1ccc(Br)cc1. The summed E-state index contributed by atoms with van der Waals surface area (Å²) >= 11 is 3.29. The maximum absolute atomic E-state index is 12.7. The maximum Gasteiger partial charge on any atom is 0.262 e. The van der Waals surface area contributed by atoms with Crippen molar-refractivity contribution in [2.75, 3.05) is 17.1 Å². The van der Waals surface area contributed by atoms with Gasteiger partial charge in [-0.05, 0) is 55.0 Å². The molecule has 8 heteroatoms. The molecule has 0 saturated heterocycles. The molecule has 3 rings (SSSR count). The summed E-state index contributed by atoms with van der Waals surface area (Å²) in [7, 11) is -2.36. The Balaban J connectivity index is 1.88. The van der Waals surface area contributed by atoms with Crippen LogP contribution in [-0.4, -0.2) is 21.4 Å². The lowest BCUT2D eigenvalue weighted by molar-refractivity contribution is 0.102. The fraction of sp³-hybridized carbons (Fsp3) is 0.0952. The van der Waals surface area contributed by atoms with Gasteiger partial charge in [-0.2, -0.15) is 0 Å². The average Bonchev–Trinajstić information content (AvgIpc) is 2.70. The highest BCUT2D eigenvalue weighted by molar-refractivity contribution is 9.10. The van der Waals surface area contributed by atoms with E-state index < -0.39 is 10.0 Å². The summed E-state index contributed by atoms with van der Waals surface area (Å²) in [5, 5.41) is 2.83. The monoisotopic (exact) mass is 474 g/mol. The van der Waals surface area contributed by atoms with E-state index in [1.807, 2.05) is 6.07 Å². The van der Waals surface area contributed by atoms with Crippen LogP contribution < -0.4 is 14.8 Å². The number of rotatable bonds is 6. The molecule has 0 aliphatic carbocycles. The van der Waals surface area contributed by atoms with Crippen LogP contribution in [-0.2, 0) is 10.0 Å². The van der Waals surface area contributed by atoms with Gasteiger partial charge >= 0.3 is 0 Å². The van der Waals surface area contributed by atoms with Gasteiger partial charge in [-0.15, -0.1) is 0 Å². The van der Waals surface area contributed by atoms with Gasteiger partial charge in [0.25, 0.3) is 15.9 Å². The predicted molar refractivity (Wildman–Crippen MR) is 117 cm³/mol. The molecule has 0 saturated carbocycles. The van der Waals surface area contributed by atoms with Gasteiger partial charge in [0, 0.05) is 21.8 Å². The number of methoxy groups -OCH3 is 1. The van der Waals surface area contributed by atoms with E-state index in [1.165, 1.54) is 19.2 Å². The van der Waals surface area contributed by atoms with Gasteiger partial charge in [0.15, 0.2) is 0 Å². The van der Waals surface area contributed by atoms with E-state index >= 15 is 0 Å². The Hall–Kier alpha value is -2.84. The van der Waals surface area contributed by atoms with Gasteiger partial charge in [0.1, 0.15) is 5.75 Å². The van der Waals surface area contributed by atoms with E-state index in [9.17, 15) is 13.2 Å². The molecule has 0 atom stereocenters. The third-order valence-corrected chi connectivity index (χ3v) is 6.11. The molecule has 0 aliphatic rings. The number of halogens is 1. The number of sulfonamides is 1. The fourth-order valence-corrected chi connectivity index (χ4v) is 4.00. The molecular formula is C21H19BrN2O4S. The number of anilines is 2. The van der Waals surface area contributed by atoms with Crippen LogP contribution >= 0.6 is 15.9 Å². The Kier molecular flexibility index (Phi) is 6.24. The summed E-state index contributed by atoms with van der Waals surface area (Å²) in [6.07, 6.45) is 0. The van der Waals surface area contributed by atoms with Crippen LogP contribution in [0.5, 0.6) is 5.75 Å². The van der Waals surface area contributed by atoms with Crippen molar-refractivity contribution in [1.29, 1.82) is 0 Å². The lowest BCUT2D eigenvalue weighted by Crippen LogP contribution is -2.15. The molecule has 0 fully saturated rings. The summed E-state index contributed by atoms with van der Waals surface area (Å²) in [4.78, 5) is 12.6. The standard InChI is InChI=1S/C21H19BrN2O4S/c1-14-12-19(24-29(26,27)17-10-8-16(22)9-11-17)20(28-2)13-18(14)23-21(25)15-6-4-3-5-7-15/h3-13,24H,1-2H3,(H,23,25). The number of benzene rings is 3. The second kappa shape index (κ2) is 8.67. The van der Waals surface area contributed by atoms with Crippen molar-refractivity contribution < 1.29 is 17.9 Å². The number of nitrogens with one attached hydrogen (secondary N) is 2. The highest BCUT2D eigenvalue weighted by Gasteiger charge is 2.18. The molecule has 0 aliphatic heterocycles. The number of amides is 1. The van der Waals surface area contributed by atoms with Crippen molar-refractivity contribution in [1.82, 2.24) is 0 Å². The van der Waals surface area contributed by atoms with Gasteiger partial charge in [0.2, 0.25) is 0 Å². The summed E-state index contributed by atoms with van der Waals surface area (Å²) in [6.45, 7) is 1.78. The number of carbonyl (C=O) groups excluding carboxylic acids is 1. The fourth-order valence-electron chi connectivity index (χ4n) is 2.67. The van der Waals surface area contributed by atoms with E-state index in [2.05, 4.69) is 26.0 Å². The lowest BCUT2D eigenvalue weighted by Gasteiger charge is -2.16. The first kappa shape index (κ1) is 20.9. The van der Waals surface area contributed by atoms with Crippen LogP contribution in [0.25, 0.3) is 0 Å². The van der Waals surface area contributed by atoms with Gasteiger partial charge in [-0.3, -0.25) is 9.52 Å². The Morgan fingerprint density at radius 2 is 1.62 bits per heavy atom. The van der Waals surface area contributed by atoms with E-state index in [4.69, 9.17) is 4.74 Å². The zero-order chi connectivity index (χ0) is 21.0. The minimum Gasteiger partial charge on any atom is -0.494 e. The van der Waals surface area contributed by atoms with Crippen LogP contribution in [0.2, 0.25) is 0 Å². The van der Waals surface area contributed by atoms with Crippen LogP contribution in [0, 0.1) is 6.92 Å². The molecule has 3 aromatic rings. The molecule has 0 aromatic heterocycles. The first-order valence-corrected chi connectivity index (χ1v) is 10.9. The lowest BCUT2D eigenvalue weighted by atomic mass is 10.1. The molecule has 3 aromatic carbocycles. The minimum absolute atomic E-state index is 0.127. The Morgan fingerprint density at radius 3 is 2.24 bits per heavy atom. The first-order chi connectivity index (χ1) is 13.8. The van der Waals surface area contributed by atoms with E-state index in [0.29, 0.717) is 22.6 Å². The first-order valence-electron chi connectivity index (χ1n) is 8.63. The molecular weight excluding hydrogens is 456 g/mol. The van der Waals surface area contributed by atoms with Crippen molar-refractivity contribution >= 4 is 43.2 Å². The normalized spacial score (nSPS) is 11.0. The zero-order valence-corrected chi connectivity index (χ0v) is 18.2. The molecule has 0 radical (unpaired) electrons. The Labute approximate surface area is 178 Å². The molecule has 0 unspecified atom stereocenters. The smallest absolute Gasteiger partial charge is 0.262 e. The van der Waals surface area contributed by atoms with Crippen molar-refractivity contribution in [2.24, 2.45) is 0 Å². The summed E-state index contributed by atoms with van der Waals surface area (Å²) < 4.78 is 34.0. The summed E-state index contributed by atoms with van der Waals surface area (Å²) in [6, 6.07) is 18.3. The van der Waals surface area contributed by atoms with Crippen molar-refractivity contribution in [3.63, 3.8) is 0 Å². The minimum atomic E-state index is -3.80. The third-order valence-electron chi connectivity index (χ3n) is 4.20. The summed E-state index contributed by atoms with van der Waals surface area (Å²) in [5.74, 6) is 0.0265. The van der Waals surface area contributed by atoms with Crippen molar-refractivity contribution in [3.05, 3.63) is 82.3 Å². The molecule has 2 N–H and O–H groups in total. The Morgan fingerprint density at radius 1 is 0.966 bits per heavy atom. The highest BCUT2D eigenvalue weighted by Crippen LogP contribution is 2.33. The topological polar surface area (TPSA) is 84.5 Å². The predicted octanol–water partition coefficient (Wildman–Crippen LogP) is 4.82. The van der Waals surface area contributed by atoms with Gasteiger partial charge in [0.05, 0.1) is 17.7 Å². The number of ether oxygens (including phenoxy) is 1. The molecule has 29 heavy (non-hydrogen) atoms. The summed E-state index contributed by atoms with van der Waals surface area (Å²) in [5.41, 5.74) is 2.02. The molecule has 0 bridgehead atoms. The highest BCUT2D eigenvalue weighted by atomic mass is 79.9. The second-order valence-electron chi connectivity index (χ2n) is 6.25. The molecule has 1 amide bonds. The van der Waals surface area contributed by atoms with Crippen LogP contribution in [0.4, 0.5) is 11.4 Å². The van der Waals surface area contributed by atoms with Crippen molar-refractivity contribution in [3.8, 4) is 5.75 Å². The molecule has 0 spiro atoms. The second-order valence-corrected chi connectivity index (χ2v) is 8.85. The molecule has 6 nitrogen and oxygen atoms in total. The maximum atomic E-state index is 12.7. The quantitative estimate of drug-likeness (QED) is 0.536. The largest absolute Gasteiger partial charge is 0.494 e. The third kappa shape index (κ3) is 4.96. The zero-order valence-electron chi connectivity index (χ0n) is 15.8. The van der Waals surface area contributed by atoms with Gasteiger partial charge in [-0.25, -0.2) is 8.42 Å². The van der Waals surface area contributed by atoms with E-state index in [-0.39, 0.29) is 16.5 Å². The van der Waals surface area contributed by atoms with Gasteiger partial charge in [-0.1, -0.05) is 34.1 Å². The Bertz CT molecular complexity index is 1130. The number of hydrogen-bond donors (Lipinski definition) is 2. The number of hydrogen-bond acceptors (Lipinski definition) is 4. The molecule has 0 heterocycles. The van der Waals surface area contributed by atoms with E-state index in [0.717, 1.165) is 4.47 Å². The van der Waals surface area contributed by atoms with Gasteiger partial charge < -0.3 is 10.1 Å². The van der Waals surface area contributed by atoms with E-state index in [1.54, 1.807) is 55.5 Å².